The van der Waals surface area contributed by atoms with Gasteiger partial charge in [-0.1, -0.05) is 49.7 Å². The lowest BCUT2D eigenvalue weighted by molar-refractivity contribution is -0.134. The fourth-order valence-electron chi connectivity index (χ4n) is 5.33. The molecule has 4 atom stereocenters. The van der Waals surface area contributed by atoms with Crippen molar-refractivity contribution in [1.82, 2.24) is 0 Å². The molecule has 28 heavy (non-hydrogen) atoms. The van der Waals surface area contributed by atoms with Gasteiger partial charge in [-0.2, -0.15) is 0 Å². The van der Waals surface area contributed by atoms with E-state index >= 15 is 0 Å². The smallest absolute Gasteiger partial charge is 0.234 e. The van der Waals surface area contributed by atoms with Gasteiger partial charge in [0.1, 0.15) is 0 Å². The van der Waals surface area contributed by atoms with Gasteiger partial charge in [0.2, 0.25) is 5.91 Å². The zero-order valence-electron chi connectivity index (χ0n) is 16.2. The van der Waals surface area contributed by atoms with Crippen LogP contribution in [0, 0.1) is 16.7 Å². The molecule has 4 nitrogen and oxygen atoms in total. The lowest BCUT2D eigenvalue weighted by Gasteiger charge is -2.48. The van der Waals surface area contributed by atoms with Crippen molar-refractivity contribution in [1.29, 1.82) is 0 Å². The molecule has 0 fully saturated rings. The number of isothiocyanates is 1. The summed E-state index contributed by atoms with van der Waals surface area (Å²) < 4.78 is 0. The number of Topliss-reactive ketones (excluding diaryl/α,β-unsaturated/α-hetero) is 1. The van der Waals surface area contributed by atoms with Crippen molar-refractivity contribution in [3.63, 3.8) is 0 Å². The maximum Gasteiger partial charge on any atom is 0.234 e. The molecule has 1 aromatic carbocycles. The molecule has 0 radical (unpaired) electrons. The molecule has 2 aliphatic carbocycles. The van der Waals surface area contributed by atoms with E-state index in [9.17, 15) is 9.59 Å². The lowest BCUT2D eigenvalue weighted by atomic mass is 9.57. The first-order valence-electron chi connectivity index (χ1n) is 9.15. The number of benzene rings is 1. The topological polar surface area (TPSA) is 49.7 Å². The highest BCUT2D eigenvalue weighted by atomic mass is 35.5. The van der Waals surface area contributed by atoms with Crippen LogP contribution in [-0.4, -0.2) is 23.9 Å². The van der Waals surface area contributed by atoms with Crippen molar-refractivity contribution in [2.45, 2.75) is 32.2 Å². The van der Waals surface area contributed by atoms with Crippen LogP contribution in [0.5, 0.6) is 0 Å². The molecule has 0 saturated carbocycles. The van der Waals surface area contributed by atoms with E-state index in [2.05, 4.69) is 16.7 Å². The van der Waals surface area contributed by atoms with Gasteiger partial charge < -0.3 is 4.90 Å². The number of likely N-dealkylation sites (N-methyl/N-ethyl adjacent to an activating group) is 1. The van der Waals surface area contributed by atoms with Crippen LogP contribution in [-0.2, 0) is 15.1 Å². The number of thiocarbonyl (C=S) groups is 1. The van der Waals surface area contributed by atoms with Gasteiger partial charge in [0.05, 0.1) is 16.5 Å². The fourth-order valence-corrected chi connectivity index (χ4v) is 5.81. The third-order valence-electron chi connectivity index (χ3n) is 7.07. The Kier molecular flexibility index (Phi) is 3.94. The number of hydrogen-bond donors (Lipinski definition) is 0. The van der Waals surface area contributed by atoms with Crippen molar-refractivity contribution in [3.8, 4) is 0 Å². The van der Waals surface area contributed by atoms with Crippen LogP contribution < -0.4 is 4.90 Å². The number of halogens is 1. The standard InChI is InChI=1S/C22H21ClN2O2S/c1-6-21(4)15(23)10-13-18(26)22(21,24-11-28)12-8-7-9-14-16(12)17(20(13,2)3)19(27)25(14)5/h6-10,13,17H,1H2,2-5H3/t13-,17+,21+,22?/m0/s1. The lowest BCUT2D eigenvalue weighted by Crippen LogP contribution is -2.55. The van der Waals surface area contributed by atoms with Gasteiger partial charge in [-0.3, -0.25) is 9.59 Å². The highest BCUT2D eigenvalue weighted by molar-refractivity contribution is 7.78. The molecule has 1 heterocycles. The number of allylic oxidation sites excluding steroid dienone is 1. The summed E-state index contributed by atoms with van der Waals surface area (Å²) in [6.45, 7) is 9.71. The Morgan fingerprint density at radius 3 is 2.61 bits per heavy atom. The second kappa shape index (κ2) is 5.73. The number of ketones is 1. The highest BCUT2D eigenvalue weighted by Crippen LogP contribution is 2.65. The quantitative estimate of drug-likeness (QED) is 0.405. The van der Waals surface area contributed by atoms with Gasteiger partial charge in [0, 0.05) is 23.7 Å². The molecule has 6 heteroatoms. The average molecular weight is 413 g/mol. The Morgan fingerprint density at radius 2 is 2.00 bits per heavy atom. The first-order valence-corrected chi connectivity index (χ1v) is 9.94. The second-order valence-electron chi connectivity index (χ2n) is 8.57. The van der Waals surface area contributed by atoms with Crippen LogP contribution in [0.2, 0.25) is 0 Å². The Morgan fingerprint density at radius 1 is 1.32 bits per heavy atom. The summed E-state index contributed by atoms with van der Waals surface area (Å²) in [5, 5.41) is 2.93. The van der Waals surface area contributed by atoms with Crippen LogP contribution >= 0.6 is 23.8 Å². The van der Waals surface area contributed by atoms with Crippen LogP contribution in [0.4, 0.5) is 5.69 Å². The van der Waals surface area contributed by atoms with Crippen molar-refractivity contribution in [3.05, 3.63) is 53.1 Å². The van der Waals surface area contributed by atoms with Gasteiger partial charge >= 0.3 is 0 Å². The molecule has 144 valence electrons. The predicted molar refractivity (Wildman–Crippen MR) is 114 cm³/mol. The van der Waals surface area contributed by atoms with Crippen LogP contribution in [0.1, 0.15) is 37.8 Å². The molecule has 2 bridgehead atoms. The van der Waals surface area contributed by atoms with Crippen LogP contribution in [0.3, 0.4) is 0 Å². The molecule has 1 aromatic rings. The van der Waals surface area contributed by atoms with E-state index in [1.54, 1.807) is 24.1 Å². The maximum atomic E-state index is 14.1. The van der Waals surface area contributed by atoms with Gasteiger partial charge in [-0.25, -0.2) is 4.99 Å². The fraction of sp³-hybridized carbons (Fsp3) is 0.409. The predicted octanol–water partition coefficient (Wildman–Crippen LogP) is 4.60. The summed E-state index contributed by atoms with van der Waals surface area (Å²) >= 11 is 11.8. The number of aliphatic imine (C=N–C) groups is 1. The minimum atomic E-state index is -1.41. The van der Waals surface area contributed by atoms with E-state index in [1.807, 2.05) is 39.0 Å². The van der Waals surface area contributed by atoms with Gasteiger partial charge in [0.15, 0.2) is 11.3 Å². The normalized spacial score (nSPS) is 34.9. The third-order valence-corrected chi connectivity index (χ3v) is 7.68. The number of nitrogens with zero attached hydrogens (tertiary/aromatic N) is 2. The van der Waals surface area contributed by atoms with E-state index in [-0.39, 0.29) is 11.7 Å². The molecule has 0 spiro atoms. The Bertz CT molecular complexity index is 1040. The molecule has 3 aliphatic rings. The van der Waals surface area contributed by atoms with Crippen molar-refractivity contribution in [2.75, 3.05) is 11.9 Å². The summed E-state index contributed by atoms with van der Waals surface area (Å²) in [4.78, 5) is 33.5. The summed E-state index contributed by atoms with van der Waals surface area (Å²) in [5.74, 6) is -1.23. The average Bonchev–Trinajstić information content (AvgIpc) is 2.90. The number of carbonyl (C=O) groups excluding carboxylic acids is 2. The first-order chi connectivity index (χ1) is 13.1. The molecule has 0 aromatic heterocycles. The number of rotatable bonds is 2. The molecule has 4 rings (SSSR count). The zero-order valence-corrected chi connectivity index (χ0v) is 17.8. The van der Waals surface area contributed by atoms with Crippen molar-refractivity contribution >= 4 is 46.4 Å². The highest BCUT2D eigenvalue weighted by Gasteiger charge is 2.67. The molecule has 1 unspecified atom stereocenters. The monoisotopic (exact) mass is 412 g/mol. The molecular formula is C22H21ClN2O2S. The number of anilines is 1. The molecule has 1 amide bonds. The summed E-state index contributed by atoms with van der Waals surface area (Å²) in [7, 11) is 1.77. The summed E-state index contributed by atoms with van der Waals surface area (Å²) in [5.41, 5.74) is -0.807. The molecular weight excluding hydrogens is 392 g/mol. The second-order valence-corrected chi connectivity index (χ2v) is 9.16. The minimum absolute atomic E-state index is 0.0286. The van der Waals surface area contributed by atoms with E-state index in [0.29, 0.717) is 10.6 Å². The molecule has 0 N–H and O–H groups in total. The number of hydrogen-bond acceptors (Lipinski definition) is 4. The SMILES string of the molecule is C=C[C@]1(C)C(Cl)=C[C@H]2C(=O)C1(N=C=S)c1cccc3c1[C@H](C(=O)N3C)C2(C)C. The van der Waals surface area contributed by atoms with Crippen LogP contribution in [0.25, 0.3) is 0 Å². The Labute approximate surface area is 175 Å². The van der Waals surface area contributed by atoms with E-state index in [4.69, 9.17) is 23.8 Å². The van der Waals surface area contributed by atoms with E-state index in [1.165, 1.54) is 0 Å². The Hall–Kier alpha value is -2.07. The van der Waals surface area contributed by atoms with Crippen molar-refractivity contribution in [2.24, 2.45) is 21.7 Å². The van der Waals surface area contributed by atoms with E-state index in [0.717, 1.165) is 11.3 Å². The summed E-state index contributed by atoms with van der Waals surface area (Å²) in [6, 6.07) is 5.61. The molecule has 1 aliphatic heterocycles. The largest absolute Gasteiger partial charge is 0.315 e. The van der Waals surface area contributed by atoms with Gasteiger partial charge in [-0.15, -0.1) is 6.58 Å². The minimum Gasteiger partial charge on any atom is -0.315 e. The van der Waals surface area contributed by atoms with Gasteiger partial charge in [0.25, 0.3) is 0 Å². The molecule has 0 saturated heterocycles. The number of amides is 1. The maximum absolute atomic E-state index is 14.1. The van der Waals surface area contributed by atoms with E-state index < -0.39 is 28.2 Å². The van der Waals surface area contributed by atoms with Gasteiger partial charge in [-0.05, 0) is 41.7 Å². The zero-order chi connectivity index (χ0) is 20.6. The number of carbonyl (C=O) groups is 2. The summed E-state index contributed by atoms with van der Waals surface area (Å²) in [6.07, 6.45) is 3.43. The van der Waals surface area contributed by atoms with Crippen molar-refractivity contribution < 1.29 is 9.59 Å². The third kappa shape index (κ3) is 1.87. The number of fused-ring (bicyclic) bond motifs is 3. The Balaban J connectivity index is 2.28. The van der Waals surface area contributed by atoms with Crippen LogP contribution in [0.15, 0.2) is 47.0 Å². The first kappa shape index (κ1) is 19.3.